The van der Waals surface area contributed by atoms with E-state index in [-0.39, 0.29) is 0 Å². The van der Waals surface area contributed by atoms with Crippen LogP contribution in [0.5, 0.6) is 0 Å². The molecular weight excluding hydrogens is 797 g/mol. The van der Waals surface area contributed by atoms with E-state index in [0.717, 1.165) is 99.2 Å². The van der Waals surface area contributed by atoms with Gasteiger partial charge in [0, 0.05) is 55.1 Å². The average Bonchev–Trinajstić information content (AvgIpc) is 4.03. The van der Waals surface area contributed by atoms with Crippen LogP contribution in [0.25, 0.3) is 138 Å². The van der Waals surface area contributed by atoms with Gasteiger partial charge in [0.1, 0.15) is 22.3 Å². The van der Waals surface area contributed by atoms with E-state index < -0.39 is 0 Å². The van der Waals surface area contributed by atoms with Crippen molar-refractivity contribution in [2.24, 2.45) is 0 Å². The molecule has 6 heteroatoms. The Kier molecular flexibility index (Phi) is 7.59. The largest absolute Gasteiger partial charge is 0.456 e. The maximum atomic E-state index is 6.92. The van der Waals surface area contributed by atoms with Gasteiger partial charge in [-0.05, 0) is 87.3 Å². The summed E-state index contributed by atoms with van der Waals surface area (Å²) in [6, 6.07) is 72.2. The highest BCUT2D eigenvalue weighted by atomic mass is 16.3. The van der Waals surface area contributed by atoms with E-state index in [9.17, 15) is 0 Å². The Labute approximate surface area is 371 Å². The fourth-order valence-electron chi connectivity index (χ4n) is 9.88. The smallest absolute Gasteiger partial charge is 0.164 e. The molecule has 0 bridgehead atoms. The second kappa shape index (κ2) is 13.8. The summed E-state index contributed by atoms with van der Waals surface area (Å²) in [6.45, 7) is 0. The lowest BCUT2D eigenvalue weighted by molar-refractivity contribution is 0.668. The fourth-order valence-corrected chi connectivity index (χ4v) is 9.88. The maximum absolute atomic E-state index is 6.92. The molecule has 302 valence electrons. The van der Waals surface area contributed by atoms with Crippen molar-refractivity contribution in [2.75, 3.05) is 0 Å². The molecule has 4 aromatic heterocycles. The van der Waals surface area contributed by atoms with Crippen LogP contribution in [0.3, 0.4) is 0 Å². The molecule has 0 N–H and O–H groups in total. The highest BCUT2D eigenvalue weighted by Gasteiger charge is 2.23. The third-order valence-electron chi connectivity index (χ3n) is 13.0. The summed E-state index contributed by atoms with van der Waals surface area (Å²) in [7, 11) is 0. The van der Waals surface area contributed by atoms with Crippen LogP contribution < -0.4 is 0 Å². The normalized spacial score (nSPS) is 12.0. The fraction of sp³-hybridized carbons (Fsp3) is 0. The number of rotatable bonds is 5. The molecule has 0 spiro atoms. The van der Waals surface area contributed by atoms with Crippen LogP contribution in [0.2, 0.25) is 0 Å². The second-order valence-corrected chi connectivity index (χ2v) is 16.8. The number of benzene rings is 10. The maximum Gasteiger partial charge on any atom is 0.164 e. The van der Waals surface area contributed by atoms with Crippen molar-refractivity contribution < 1.29 is 8.83 Å². The van der Waals surface area contributed by atoms with Gasteiger partial charge in [-0.1, -0.05) is 146 Å². The van der Waals surface area contributed by atoms with Crippen LogP contribution >= 0.6 is 0 Å². The molecule has 0 fully saturated rings. The molecule has 0 aliphatic carbocycles. The molecule has 0 atom stereocenters. The molecule has 0 amide bonds. The molecule has 0 unspecified atom stereocenters. The van der Waals surface area contributed by atoms with Crippen molar-refractivity contribution in [3.63, 3.8) is 0 Å². The Morgan fingerprint density at radius 1 is 0.308 bits per heavy atom. The van der Waals surface area contributed by atoms with Crippen LogP contribution in [-0.4, -0.2) is 19.5 Å². The van der Waals surface area contributed by atoms with Crippen molar-refractivity contribution in [3.8, 4) is 51.0 Å². The monoisotopic (exact) mass is 830 g/mol. The zero-order valence-electron chi connectivity index (χ0n) is 34.7. The molecule has 0 radical (unpaired) electrons. The number of nitrogens with zero attached hydrogens (tertiary/aromatic N) is 4. The number of para-hydroxylation sites is 2. The first-order chi connectivity index (χ1) is 32.2. The van der Waals surface area contributed by atoms with Crippen molar-refractivity contribution in [1.82, 2.24) is 19.5 Å². The molecule has 0 aliphatic rings. The zero-order valence-corrected chi connectivity index (χ0v) is 34.7. The zero-order chi connectivity index (χ0) is 42.6. The SMILES string of the molecule is c1ccc(-c2ccc(-c3nc(-c4ccc5c(c4)oc4ccccc45)nc(-c4cc(-n5c6ccccc6c6cc7ccccc7cc65)cc5oc6cc7ccccc7cc6c45)n3)cc2)cc1. The summed E-state index contributed by atoms with van der Waals surface area (Å²) in [4.78, 5) is 16.0. The summed E-state index contributed by atoms with van der Waals surface area (Å²) < 4.78 is 15.7. The van der Waals surface area contributed by atoms with Gasteiger partial charge in [0.15, 0.2) is 17.5 Å². The van der Waals surface area contributed by atoms with Crippen molar-refractivity contribution in [1.29, 1.82) is 0 Å². The third-order valence-corrected chi connectivity index (χ3v) is 13.0. The average molecular weight is 831 g/mol. The molecule has 4 heterocycles. The lowest BCUT2D eigenvalue weighted by atomic mass is 10.0. The molecule has 65 heavy (non-hydrogen) atoms. The molecule has 0 saturated carbocycles. The van der Waals surface area contributed by atoms with Gasteiger partial charge in [-0.15, -0.1) is 0 Å². The Morgan fingerprint density at radius 2 is 0.862 bits per heavy atom. The van der Waals surface area contributed by atoms with Crippen molar-refractivity contribution in [3.05, 3.63) is 206 Å². The topological polar surface area (TPSA) is 69.9 Å². The van der Waals surface area contributed by atoms with Crippen LogP contribution in [-0.2, 0) is 0 Å². The van der Waals surface area contributed by atoms with Crippen molar-refractivity contribution in [2.45, 2.75) is 0 Å². The van der Waals surface area contributed by atoms with Crippen LogP contribution in [0, 0.1) is 0 Å². The highest BCUT2D eigenvalue weighted by molar-refractivity contribution is 6.17. The number of hydrogen-bond donors (Lipinski definition) is 0. The van der Waals surface area contributed by atoms with E-state index in [1.54, 1.807) is 0 Å². The third kappa shape index (κ3) is 5.64. The summed E-state index contributed by atoms with van der Waals surface area (Å²) in [5, 5.41) is 11.0. The number of furan rings is 2. The Balaban J connectivity index is 1.06. The first-order valence-corrected chi connectivity index (χ1v) is 21.8. The standard InChI is InChI=1S/C59H34N4O2/c1-2-12-35(13-3-1)36-22-24-37(25-23-36)57-60-58(42-26-27-46-45-19-9-11-21-52(45)64-53(46)32-42)62-59(61-57)49-33-43(34-55-56(49)48-29-39-15-5-7-17-41(39)31-54(48)65-55)63-50-20-10-8-18-44(50)47-28-38-14-4-6-16-40(38)30-51(47)63/h1-34H. The quantitative estimate of drug-likeness (QED) is 0.173. The first kappa shape index (κ1) is 35.7. The Hall–Kier alpha value is -8.87. The van der Waals surface area contributed by atoms with E-state index >= 15 is 0 Å². The lowest BCUT2D eigenvalue weighted by Crippen LogP contribution is -2.02. The summed E-state index contributed by atoms with van der Waals surface area (Å²) in [6.07, 6.45) is 0. The predicted octanol–water partition coefficient (Wildman–Crippen LogP) is 15.7. The predicted molar refractivity (Wildman–Crippen MR) is 265 cm³/mol. The number of hydrogen-bond acceptors (Lipinski definition) is 5. The Morgan fingerprint density at radius 3 is 1.66 bits per heavy atom. The molecule has 14 aromatic rings. The highest BCUT2D eigenvalue weighted by Crippen LogP contribution is 2.43. The summed E-state index contributed by atoms with van der Waals surface area (Å²) >= 11 is 0. The molecule has 0 aliphatic heterocycles. The summed E-state index contributed by atoms with van der Waals surface area (Å²) in [5.41, 5.74) is 11.1. The van der Waals surface area contributed by atoms with E-state index in [1.165, 1.54) is 21.5 Å². The van der Waals surface area contributed by atoms with Crippen molar-refractivity contribution >= 4 is 87.2 Å². The van der Waals surface area contributed by atoms with Gasteiger partial charge in [0.25, 0.3) is 0 Å². The van der Waals surface area contributed by atoms with Gasteiger partial charge in [0.05, 0.1) is 16.7 Å². The van der Waals surface area contributed by atoms with Gasteiger partial charge in [-0.3, -0.25) is 0 Å². The minimum atomic E-state index is 0.538. The van der Waals surface area contributed by atoms with E-state index in [4.69, 9.17) is 23.8 Å². The molecule has 10 aromatic carbocycles. The van der Waals surface area contributed by atoms with Gasteiger partial charge in [-0.2, -0.15) is 0 Å². The van der Waals surface area contributed by atoms with Gasteiger partial charge in [-0.25, -0.2) is 15.0 Å². The summed E-state index contributed by atoms with van der Waals surface area (Å²) in [5.74, 6) is 1.64. The van der Waals surface area contributed by atoms with Gasteiger partial charge >= 0.3 is 0 Å². The lowest BCUT2D eigenvalue weighted by Gasteiger charge is -2.13. The van der Waals surface area contributed by atoms with Gasteiger partial charge in [0.2, 0.25) is 0 Å². The Bertz CT molecular complexity index is 4240. The van der Waals surface area contributed by atoms with Crippen LogP contribution in [0.15, 0.2) is 215 Å². The van der Waals surface area contributed by atoms with E-state index in [0.29, 0.717) is 17.5 Å². The van der Waals surface area contributed by atoms with Crippen LogP contribution in [0.1, 0.15) is 0 Å². The minimum absolute atomic E-state index is 0.538. The number of aromatic nitrogens is 4. The second-order valence-electron chi connectivity index (χ2n) is 16.8. The molecular formula is C59H34N4O2. The minimum Gasteiger partial charge on any atom is -0.456 e. The molecule has 6 nitrogen and oxygen atoms in total. The van der Waals surface area contributed by atoms with Crippen LogP contribution in [0.4, 0.5) is 0 Å². The number of fused-ring (bicyclic) bond motifs is 11. The first-order valence-electron chi connectivity index (χ1n) is 21.8. The van der Waals surface area contributed by atoms with E-state index in [1.807, 2.05) is 30.3 Å². The van der Waals surface area contributed by atoms with E-state index in [2.05, 4.69) is 180 Å². The molecule has 0 saturated heterocycles. The molecule has 14 rings (SSSR count). The van der Waals surface area contributed by atoms with Gasteiger partial charge < -0.3 is 13.4 Å².